The highest BCUT2D eigenvalue weighted by Crippen LogP contribution is 2.42. The molecule has 0 spiro atoms. The summed E-state index contributed by atoms with van der Waals surface area (Å²) in [7, 11) is 0. The molecule has 118 valence electrons. The van der Waals surface area contributed by atoms with Gasteiger partial charge in [-0.05, 0) is 63.4 Å². The highest BCUT2D eigenvalue weighted by molar-refractivity contribution is 14.1. The lowest BCUT2D eigenvalue weighted by atomic mass is 10.0. The molecule has 1 rings (SSSR count). The number of benzene rings is 1. The number of halogens is 8. The first-order chi connectivity index (χ1) is 9.30. The molecule has 0 amide bonds. The number of hydrogen-bond donors (Lipinski definition) is 0. The van der Waals surface area contributed by atoms with E-state index in [0.717, 1.165) is 6.07 Å². The zero-order valence-electron chi connectivity index (χ0n) is 9.48. The Bertz CT molecular complexity index is 541. The first-order valence-corrected chi connectivity index (χ1v) is 6.97. The maximum absolute atomic E-state index is 12.4. The van der Waals surface area contributed by atoms with Gasteiger partial charge in [-0.1, -0.05) is 0 Å². The summed E-state index contributed by atoms with van der Waals surface area (Å²) in [5, 5.41) is 11.1. The third kappa shape index (κ3) is 3.72. The Kier molecular flexibility index (Phi) is 5.41. The second kappa shape index (κ2) is 6.06. The predicted molar refractivity (Wildman–Crippen MR) is 72.4 cm³/mol. The molecule has 0 unspecified atom stereocenters. The van der Waals surface area contributed by atoms with Crippen molar-refractivity contribution in [3.63, 3.8) is 0 Å². The van der Waals surface area contributed by atoms with Crippen molar-refractivity contribution < 1.29 is 41.0 Å². The van der Waals surface area contributed by atoms with Gasteiger partial charge in [-0.15, -0.1) is 0 Å². The largest absolute Gasteiger partial charge is 0.828 e. The predicted octanol–water partition coefficient (Wildman–Crippen LogP) is 3.02. The maximum Gasteiger partial charge on any atom is 0.399 e. The van der Waals surface area contributed by atoms with Gasteiger partial charge in [0.25, 0.3) is 0 Å². The average molecular weight is 539 g/mol. The Hall–Kier alpha value is -0.310. The summed E-state index contributed by atoms with van der Waals surface area (Å²) >= 11 is 3.37. The molecule has 0 aliphatic heterocycles. The second-order valence-corrected chi connectivity index (χ2v) is 6.05. The first kappa shape index (κ1) is 18.7. The maximum atomic E-state index is 12.4. The van der Waals surface area contributed by atoms with Crippen LogP contribution in [0.4, 0.5) is 26.3 Å². The van der Waals surface area contributed by atoms with Gasteiger partial charge in [0.2, 0.25) is 0 Å². The summed E-state index contributed by atoms with van der Waals surface area (Å²) < 4.78 is 79.0. The first-order valence-electron chi connectivity index (χ1n) is 4.82. The van der Waals surface area contributed by atoms with E-state index in [0.29, 0.717) is 3.57 Å². The van der Waals surface area contributed by atoms with Crippen LogP contribution in [0.2, 0.25) is 0 Å². The molecule has 0 aromatic heterocycles. The molecule has 0 bridgehead atoms. The zero-order valence-corrected chi connectivity index (χ0v) is 13.8. The number of ether oxygens (including phenoxy) is 1. The molecule has 3 nitrogen and oxygen atoms in total. The lowest BCUT2D eigenvalue weighted by Crippen LogP contribution is -2.72. The summed E-state index contributed by atoms with van der Waals surface area (Å²) in [5.41, 5.74) is -5.84. The lowest BCUT2D eigenvalue weighted by Gasteiger charge is -2.40. The number of rotatable bonds is 2. The van der Waals surface area contributed by atoms with Gasteiger partial charge in [-0.3, -0.25) is 4.79 Å². The fourth-order valence-corrected chi connectivity index (χ4v) is 2.83. The van der Waals surface area contributed by atoms with Crippen LogP contribution in [-0.4, -0.2) is 23.9 Å². The van der Waals surface area contributed by atoms with Crippen LogP contribution >= 0.6 is 45.2 Å². The van der Waals surface area contributed by atoms with Crippen LogP contribution in [0.15, 0.2) is 18.2 Å². The van der Waals surface area contributed by atoms with Gasteiger partial charge in [0, 0.05) is 3.57 Å². The van der Waals surface area contributed by atoms with E-state index in [2.05, 4.69) is 4.74 Å². The van der Waals surface area contributed by atoms with Crippen LogP contribution in [0.5, 0.6) is 5.75 Å². The topological polar surface area (TPSA) is 49.4 Å². The quantitative estimate of drug-likeness (QED) is 0.252. The van der Waals surface area contributed by atoms with Crippen molar-refractivity contribution in [3.8, 4) is 5.75 Å². The minimum atomic E-state index is -6.38. The van der Waals surface area contributed by atoms with Gasteiger partial charge in [0.15, 0.2) is 5.60 Å². The lowest BCUT2D eigenvalue weighted by molar-refractivity contribution is -0.573. The molecule has 0 N–H and O–H groups in total. The number of hydrogen-bond acceptors (Lipinski definition) is 3. The molecule has 0 heterocycles. The van der Waals surface area contributed by atoms with Crippen LogP contribution in [0.3, 0.4) is 0 Å². The van der Waals surface area contributed by atoms with Crippen molar-refractivity contribution in [1.29, 1.82) is 0 Å². The molecule has 0 saturated carbocycles. The fraction of sp³-hybridized carbons (Fsp3) is 0.300. The van der Waals surface area contributed by atoms with Gasteiger partial charge in [-0.2, -0.15) is 26.3 Å². The van der Waals surface area contributed by atoms with Crippen LogP contribution in [0, 0.1) is 7.14 Å². The van der Waals surface area contributed by atoms with E-state index in [9.17, 15) is 36.2 Å². The van der Waals surface area contributed by atoms with E-state index in [1.165, 1.54) is 12.1 Å². The fourth-order valence-electron chi connectivity index (χ4n) is 1.12. The number of carbonyl (C=O) groups excluding carboxylic acids is 1. The Morgan fingerprint density at radius 2 is 1.52 bits per heavy atom. The molecule has 0 saturated heterocycles. The number of alkyl halides is 6. The van der Waals surface area contributed by atoms with Crippen molar-refractivity contribution >= 4 is 51.2 Å². The Labute approximate surface area is 140 Å². The smallest absolute Gasteiger partial charge is 0.399 e. The summed E-state index contributed by atoms with van der Waals surface area (Å²) in [6, 6.07) is 3.63. The van der Waals surface area contributed by atoms with Crippen molar-refractivity contribution in [2.75, 3.05) is 0 Å². The number of carbonyl (C=O) groups is 1. The Morgan fingerprint density at radius 1 is 1.05 bits per heavy atom. The van der Waals surface area contributed by atoms with E-state index in [-0.39, 0.29) is 3.57 Å². The molecule has 21 heavy (non-hydrogen) atoms. The third-order valence-electron chi connectivity index (χ3n) is 2.18. The van der Waals surface area contributed by atoms with Crippen LogP contribution in [-0.2, 0) is 4.79 Å². The van der Waals surface area contributed by atoms with Crippen molar-refractivity contribution in [2.45, 2.75) is 18.0 Å². The van der Waals surface area contributed by atoms with Crippen molar-refractivity contribution in [3.05, 3.63) is 25.3 Å². The molecule has 0 fully saturated rings. The van der Waals surface area contributed by atoms with E-state index in [4.69, 9.17) is 0 Å². The molecule has 0 radical (unpaired) electrons. The monoisotopic (exact) mass is 539 g/mol. The second-order valence-electron chi connectivity index (χ2n) is 3.64. The van der Waals surface area contributed by atoms with E-state index in [1.54, 1.807) is 22.6 Å². The molecular weight excluding hydrogens is 536 g/mol. The summed E-state index contributed by atoms with van der Waals surface area (Å²) in [6.45, 7) is 0. The van der Waals surface area contributed by atoms with E-state index >= 15 is 0 Å². The summed E-state index contributed by atoms with van der Waals surface area (Å²) in [6.07, 6.45) is -12.8. The van der Waals surface area contributed by atoms with E-state index in [1.807, 2.05) is 22.6 Å². The van der Waals surface area contributed by atoms with Gasteiger partial charge in [-0.25, -0.2) is 0 Å². The molecule has 0 aliphatic carbocycles. The van der Waals surface area contributed by atoms with Gasteiger partial charge in [0.1, 0.15) is 5.75 Å². The van der Waals surface area contributed by atoms with Gasteiger partial charge >= 0.3 is 18.3 Å². The number of esters is 1. The third-order valence-corrected chi connectivity index (χ3v) is 3.70. The normalized spacial score (nSPS) is 13.2. The van der Waals surface area contributed by atoms with E-state index < -0.39 is 29.7 Å². The Balaban J connectivity index is 3.20. The van der Waals surface area contributed by atoms with Crippen molar-refractivity contribution in [2.24, 2.45) is 0 Å². The van der Waals surface area contributed by atoms with Crippen LogP contribution in [0.25, 0.3) is 0 Å². The van der Waals surface area contributed by atoms with Gasteiger partial charge < -0.3 is 9.84 Å². The molecule has 11 heteroatoms. The standard InChI is InChI=1S/C10H3F6I2O3/c11-9(12,13)8(20,10(14,15)16)7(19)21-6-2-1-4(17)3-5(6)18/h1-3H/q-1. The zero-order chi connectivity index (χ0) is 16.6. The minimum absolute atomic E-state index is 0.0829. The molecule has 1 aromatic carbocycles. The average Bonchev–Trinajstić information content (AvgIpc) is 2.28. The summed E-state index contributed by atoms with van der Waals surface area (Å²) in [4.78, 5) is 11.2. The SMILES string of the molecule is O=C(Oc1ccc(I)cc1I)C([O-])(C(F)(F)F)C(F)(F)F. The van der Waals surface area contributed by atoms with Gasteiger partial charge in [0.05, 0.1) is 3.57 Å². The van der Waals surface area contributed by atoms with Crippen molar-refractivity contribution in [1.82, 2.24) is 0 Å². The highest BCUT2D eigenvalue weighted by atomic mass is 127. The van der Waals surface area contributed by atoms with Crippen LogP contribution in [0.1, 0.15) is 0 Å². The minimum Gasteiger partial charge on any atom is -0.828 e. The molecule has 0 aliphatic rings. The Morgan fingerprint density at radius 3 is 1.90 bits per heavy atom. The molecule has 1 aromatic rings. The molecule has 0 atom stereocenters. The van der Waals surface area contributed by atoms with Crippen LogP contribution < -0.4 is 9.84 Å². The molecular formula is C10H3F6I2O3-. The summed E-state index contributed by atoms with van der Waals surface area (Å²) in [5.74, 6) is -3.53. The highest BCUT2D eigenvalue weighted by Gasteiger charge is 2.68.